The van der Waals surface area contributed by atoms with Gasteiger partial charge in [-0.05, 0) is 34.7 Å². The van der Waals surface area contributed by atoms with Crippen LogP contribution in [0.4, 0.5) is 0 Å². The first kappa shape index (κ1) is 10.9. The highest BCUT2D eigenvalue weighted by molar-refractivity contribution is 5.32. The highest BCUT2D eigenvalue weighted by atomic mass is 16.3. The molecule has 0 aliphatic heterocycles. The van der Waals surface area contributed by atoms with E-state index in [4.69, 9.17) is 5.26 Å². The smallest absolute Gasteiger partial charge is 0.197 e. The zero-order valence-electron chi connectivity index (χ0n) is 8.98. The van der Waals surface area contributed by atoms with E-state index in [-0.39, 0.29) is 0 Å². The molecule has 1 unspecified atom stereocenters. The minimum Gasteiger partial charge on any atom is -0.197 e. The van der Waals surface area contributed by atoms with E-state index in [2.05, 4.69) is 20.7 Å². The van der Waals surface area contributed by atoms with Crippen LogP contribution in [0.15, 0.2) is 29.4 Å². The van der Waals surface area contributed by atoms with Gasteiger partial charge in [0.25, 0.3) is 0 Å². The third-order valence-electron chi connectivity index (χ3n) is 2.33. The molecule has 17 heavy (non-hydrogen) atoms. The number of hydrogen-bond donors (Lipinski definition) is 0. The number of rotatable bonds is 3. The number of nitroso groups, excluding NO2 is 1. The summed E-state index contributed by atoms with van der Waals surface area (Å²) in [5.41, 5.74) is 1.15. The Hall–Kier alpha value is -2.62. The normalized spacial score (nSPS) is 11.8. The lowest BCUT2D eigenvalue weighted by Crippen LogP contribution is -2.11. The minimum atomic E-state index is -0.808. The lowest BCUT2D eigenvalue weighted by Gasteiger charge is -2.09. The van der Waals surface area contributed by atoms with Crippen molar-refractivity contribution in [3.8, 4) is 6.07 Å². The molecule has 0 N–H and O–H groups in total. The van der Waals surface area contributed by atoms with Crippen LogP contribution in [-0.2, 0) is 0 Å². The molecule has 0 saturated carbocycles. The lowest BCUT2D eigenvalue weighted by molar-refractivity contribution is 0.510. The maximum atomic E-state index is 10.9. The van der Waals surface area contributed by atoms with Crippen molar-refractivity contribution >= 4 is 0 Å². The zero-order valence-corrected chi connectivity index (χ0v) is 8.98. The molecule has 0 saturated heterocycles. The highest BCUT2D eigenvalue weighted by Gasteiger charge is 2.17. The fourth-order valence-corrected chi connectivity index (χ4v) is 1.44. The molecule has 0 radical (unpaired) electrons. The molecular weight excluding hydrogens is 220 g/mol. The predicted octanol–water partition coefficient (Wildman–Crippen LogP) is 1.17. The molecule has 84 valence electrons. The first-order valence-corrected chi connectivity index (χ1v) is 4.83. The Balaban J connectivity index is 2.39. The number of nitrogens with zero attached hydrogens (tertiary/aromatic N) is 6. The van der Waals surface area contributed by atoms with E-state index in [1.54, 1.807) is 31.2 Å². The van der Waals surface area contributed by atoms with E-state index >= 15 is 0 Å². The topological polar surface area (TPSA) is 96.8 Å². The van der Waals surface area contributed by atoms with E-state index in [0.717, 1.165) is 0 Å². The fraction of sp³-hybridized carbons (Fsp3) is 0.200. The average molecular weight is 228 g/mol. The SMILES string of the molecule is Cc1nnnn1C(N=O)c1ccc(C#N)cc1. The molecule has 0 aliphatic carbocycles. The van der Waals surface area contributed by atoms with Gasteiger partial charge in [0.15, 0.2) is 5.82 Å². The van der Waals surface area contributed by atoms with Crippen molar-refractivity contribution in [2.75, 3.05) is 0 Å². The molecule has 7 nitrogen and oxygen atoms in total. The maximum absolute atomic E-state index is 10.9. The molecule has 1 heterocycles. The zero-order chi connectivity index (χ0) is 12.3. The van der Waals surface area contributed by atoms with Crippen molar-refractivity contribution in [1.29, 1.82) is 5.26 Å². The second-order valence-electron chi connectivity index (χ2n) is 3.38. The van der Waals surface area contributed by atoms with E-state index in [9.17, 15) is 4.91 Å². The second kappa shape index (κ2) is 4.49. The molecule has 0 spiro atoms. The number of aryl methyl sites for hydroxylation is 1. The van der Waals surface area contributed by atoms with Gasteiger partial charge in [-0.25, -0.2) is 0 Å². The van der Waals surface area contributed by atoms with Crippen LogP contribution in [0.25, 0.3) is 0 Å². The van der Waals surface area contributed by atoms with Crippen molar-refractivity contribution in [2.24, 2.45) is 5.18 Å². The number of nitriles is 1. The van der Waals surface area contributed by atoms with Gasteiger partial charge >= 0.3 is 0 Å². The molecule has 2 rings (SSSR count). The second-order valence-corrected chi connectivity index (χ2v) is 3.38. The maximum Gasteiger partial charge on any atom is 0.212 e. The molecule has 0 amide bonds. The Morgan fingerprint density at radius 2 is 2.12 bits per heavy atom. The van der Waals surface area contributed by atoms with Gasteiger partial charge in [0, 0.05) is 5.56 Å². The Bertz CT molecular complexity index is 567. The monoisotopic (exact) mass is 228 g/mol. The number of aromatic nitrogens is 4. The number of benzene rings is 1. The fourth-order valence-electron chi connectivity index (χ4n) is 1.44. The third-order valence-corrected chi connectivity index (χ3v) is 2.33. The van der Waals surface area contributed by atoms with Crippen LogP contribution in [-0.4, -0.2) is 20.2 Å². The lowest BCUT2D eigenvalue weighted by atomic mass is 10.1. The summed E-state index contributed by atoms with van der Waals surface area (Å²) in [6.07, 6.45) is -0.808. The number of hydrogen-bond acceptors (Lipinski definition) is 6. The summed E-state index contributed by atoms with van der Waals surface area (Å²) >= 11 is 0. The largest absolute Gasteiger partial charge is 0.212 e. The molecular formula is C10H8N6O. The summed E-state index contributed by atoms with van der Waals surface area (Å²) in [6, 6.07) is 8.55. The van der Waals surface area contributed by atoms with Gasteiger partial charge in [0.1, 0.15) is 0 Å². The van der Waals surface area contributed by atoms with Crippen LogP contribution in [0.5, 0.6) is 0 Å². The number of tetrazole rings is 1. The Kier molecular flexibility index (Phi) is 2.87. The first-order chi connectivity index (χ1) is 8.26. The molecule has 0 fully saturated rings. The van der Waals surface area contributed by atoms with Crippen LogP contribution in [0.1, 0.15) is 23.1 Å². The molecule has 1 aromatic heterocycles. The Labute approximate surface area is 96.7 Å². The summed E-state index contributed by atoms with van der Waals surface area (Å²) in [5, 5.41) is 22.5. The van der Waals surface area contributed by atoms with E-state index in [0.29, 0.717) is 17.0 Å². The van der Waals surface area contributed by atoms with Gasteiger partial charge in [0.2, 0.25) is 6.17 Å². The molecule has 1 atom stereocenters. The summed E-state index contributed by atoms with van der Waals surface area (Å²) in [5.74, 6) is 0.499. The minimum absolute atomic E-state index is 0.499. The molecule has 0 aliphatic rings. The van der Waals surface area contributed by atoms with E-state index < -0.39 is 6.17 Å². The molecule has 7 heteroatoms. The van der Waals surface area contributed by atoms with Crippen molar-refractivity contribution in [3.63, 3.8) is 0 Å². The first-order valence-electron chi connectivity index (χ1n) is 4.83. The van der Waals surface area contributed by atoms with Crippen LogP contribution in [0.3, 0.4) is 0 Å². The van der Waals surface area contributed by atoms with Crippen molar-refractivity contribution in [1.82, 2.24) is 20.2 Å². The summed E-state index contributed by atoms with van der Waals surface area (Å²) < 4.78 is 1.33. The summed E-state index contributed by atoms with van der Waals surface area (Å²) in [4.78, 5) is 10.9. The van der Waals surface area contributed by atoms with E-state index in [1.807, 2.05) is 6.07 Å². The van der Waals surface area contributed by atoms with Gasteiger partial charge in [-0.15, -0.1) is 10.0 Å². The summed E-state index contributed by atoms with van der Waals surface area (Å²) in [7, 11) is 0. The third kappa shape index (κ3) is 2.01. The Morgan fingerprint density at radius 1 is 1.41 bits per heavy atom. The molecule has 2 aromatic rings. The van der Waals surface area contributed by atoms with Crippen LogP contribution in [0, 0.1) is 23.2 Å². The molecule has 1 aromatic carbocycles. The van der Waals surface area contributed by atoms with Gasteiger partial charge in [-0.2, -0.15) is 9.94 Å². The van der Waals surface area contributed by atoms with Crippen LogP contribution >= 0.6 is 0 Å². The van der Waals surface area contributed by atoms with Crippen molar-refractivity contribution in [3.05, 3.63) is 46.1 Å². The van der Waals surface area contributed by atoms with E-state index in [1.165, 1.54) is 4.68 Å². The quantitative estimate of drug-likeness (QED) is 0.734. The van der Waals surface area contributed by atoms with Crippen molar-refractivity contribution < 1.29 is 0 Å². The average Bonchev–Trinajstić information content (AvgIpc) is 2.78. The standard InChI is InChI=1S/C10H8N6O/c1-7-12-14-15-16(7)10(13-17)9-4-2-8(6-11)3-5-9/h2-5,10H,1H3. The highest BCUT2D eigenvalue weighted by Crippen LogP contribution is 2.19. The van der Waals surface area contributed by atoms with Gasteiger partial charge in [0.05, 0.1) is 11.6 Å². The van der Waals surface area contributed by atoms with Gasteiger partial charge in [-0.3, -0.25) is 0 Å². The predicted molar refractivity (Wildman–Crippen MR) is 57.6 cm³/mol. The van der Waals surface area contributed by atoms with Crippen LogP contribution < -0.4 is 0 Å². The Morgan fingerprint density at radius 3 is 2.59 bits per heavy atom. The van der Waals surface area contributed by atoms with Gasteiger partial charge in [-0.1, -0.05) is 12.1 Å². The van der Waals surface area contributed by atoms with Crippen LogP contribution in [0.2, 0.25) is 0 Å². The van der Waals surface area contributed by atoms with Crippen molar-refractivity contribution in [2.45, 2.75) is 13.1 Å². The summed E-state index contributed by atoms with van der Waals surface area (Å²) in [6.45, 7) is 1.68. The van der Waals surface area contributed by atoms with Gasteiger partial charge < -0.3 is 0 Å². The molecule has 0 bridgehead atoms.